The zero-order chi connectivity index (χ0) is 22.3. The Hall–Kier alpha value is -3.21. The number of benzene rings is 2. The molecule has 0 spiro atoms. The van der Waals surface area contributed by atoms with E-state index in [-0.39, 0.29) is 17.8 Å². The van der Waals surface area contributed by atoms with Gasteiger partial charge in [-0.3, -0.25) is 9.69 Å². The number of hydrogen-bond acceptors (Lipinski definition) is 5. The van der Waals surface area contributed by atoms with Gasteiger partial charge in [-0.1, -0.05) is 18.2 Å². The first-order chi connectivity index (χ1) is 15.6. The SMILES string of the molecule is N#Cc1ccc(N2CCCN(CC(=O)NC(c3ccc(F)cc3)c3cccs3)CC2)cc1. The Morgan fingerprint density at radius 1 is 1.06 bits per heavy atom. The predicted octanol–water partition coefficient (Wildman–Crippen LogP) is 4.18. The molecule has 1 aromatic heterocycles. The summed E-state index contributed by atoms with van der Waals surface area (Å²) in [7, 11) is 0. The summed E-state index contributed by atoms with van der Waals surface area (Å²) in [4.78, 5) is 18.4. The van der Waals surface area contributed by atoms with Crippen molar-refractivity contribution < 1.29 is 9.18 Å². The normalized spacial score (nSPS) is 15.6. The lowest BCUT2D eigenvalue weighted by atomic mass is 10.1. The van der Waals surface area contributed by atoms with Gasteiger partial charge in [0.15, 0.2) is 0 Å². The second-order valence-corrected chi connectivity index (χ2v) is 8.82. The summed E-state index contributed by atoms with van der Waals surface area (Å²) in [5, 5.41) is 14.1. The number of nitriles is 1. The van der Waals surface area contributed by atoms with Crippen molar-refractivity contribution in [2.24, 2.45) is 0 Å². The first kappa shape index (κ1) is 22.0. The van der Waals surface area contributed by atoms with E-state index in [9.17, 15) is 9.18 Å². The van der Waals surface area contributed by atoms with Crippen LogP contribution in [0.5, 0.6) is 0 Å². The number of rotatable bonds is 6. The van der Waals surface area contributed by atoms with E-state index in [1.807, 2.05) is 41.8 Å². The standard InChI is InChI=1S/C25H25FN4OS/c26-21-8-6-20(7-9-21)25(23-3-1-16-32-23)28-24(31)18-29-12-2-13-30(15-14-29)22-10-4-19(17-27)5-11-22/h1,3-11,16,25H,2,12-15,18H2,(H,28,31). The van der Waals surface area contributed by atoms with Crippen LogP contribution in [-0.4, -0.2) is 43.5 Å². The first-order valence-corrected chi connectivity index (χ1v) is 11.6. The highest BCUT2D eigenvalue weighted by Gasteiger charge is 2.21. The van der Waals surface area contributed by atoms with Gasteiger partial charge >= 0.3 is 0 Å². The highest BCUT2D eigenvalue weighted by Crippen LogP contribution is 2.26. The minimum Gasteiger partial charge on any atom is -0.370 e. The van der Waals surface area contributed by atoms with Crippen LogP contribution in [0.15, 0.2) is 66.0 Å². The molecule has 2 heterocycles. The molecule has 5 nitrogen and oxygen atoms in total. The Morgan fingerprint density at radius 3 is 2.53 bits per heavy atom. The molecule has 0 saturated carbocycles. The van der Waals surface area contributed by atoms with E-state index in [1.54, 1.807) is 23.5 Å². The Labute approximate surface area is 191 Å². The van der Waals surface area contributed by atoms with Crippen LogP contribution in [0.4, 0.5) is 10.1 Å². The number of carbonyl (C=O) groups excluding carboxylic acids is 1. The Balaban J connectivity index is 1.37. The summed E-state index contributed by atoms with van der Waals surface area (Å²) in [5.74, 6) is -0.332. The fourth-order valence-corrected chi connectivity index (χ4v) is 4.78. The number of carbonyl (C=O) groups is 1. The topological polar surface area (TPSA) is 59.4 Å². The second kappa shape index (κ2) is 10.4. The van der Waals surface area contributed by atoms with Gasteiger partial charge in [0.2, 0.25) is 5.91 Å². The number of nitrogens with one attached hydrogen (secondary N) is 1. The van der Waals surface area contributed by atoms with Crippen LogP contribution < -0.4 is 10.2 Å². The molecule has 1 saturated heterocycles. The third-order valence-corrected chi connectivity index (χ3v) is 6.59. The molecule has 164 valence electrons. The van der Waals surface area contributed by atoms with Gasteiger partial charge in [-0.15, -0.1) is 11.3 Å². The van der Waals surface area contributed by atoms with E-state index >= 15 is 0 Å². The van der Waals surface area contributed by atoms with E-state index in [0.717, 1.165) is 48.7 Å². The molecule has 7 heteroatoms. The monoisotopic (exact) mass is 448 g/mol. The number of amides is 1. The van der Waals surface area contributed by atoms with Gasteiger partial charge in [-0.25, -0.2) is 4.39 Å². The number of halogens is 1. The van der Waals surface area contributed by atoms with Crippen LogP contribution in [-0.2, 0) is 4.79 Å². The minimum absolute atomic E-state index is 0.0421. The smallest absolute Gasteiger partial charge is 0.234 e. The maximum absolute atomic E-state index is 13.4. The second-order valence-electron chi connectivity index (χ2n) is 7.84. The average Bonchev–Trinajstić information content (AvgIpc) is 3.25. The molecule has 1 unspecified atom stereocenters. The molecular weight excluding hydrogens is 423 g/mol. The summed E-state index contributed by atoms with van der Waals surface area (Å²) in [6.45, 7) is 3.70. The lowest BCUT2D eigenvalue weighted by Crippen LogP contribution is -2.40. The van der Waals surface area contributed by atoms with Crippen molar-refractivity contribution in [2.75, 3.05) is 37.6 Å². The lowest BCUT2D eigenvalue weighted by Gasteiger charge is -2.24. The summed E-state index contributed by atoms with van der Waals surface area (Å²) in [5.41, 5.74) is 2.62. The third-order valence-electron chi connectivity index (χ3n) is 5.65. The van der Waals surface area contributed by atoms with Crippen molar-refractivity contribution in [1.29, 1.82) is 5.26 Å². The largest absolute Gasteiger partial charge is 0.370 e. The molecule has 1 N–H and O–H groups in total. The lowest BCUT2D eigenvalue weighted by molar-refractivity contribution is -0.122. The van der Waals surface area contributed by atoms with Crippen molar-refractivity contribution in [3.05, 3.63) is 87.9 Å². The quantitative estimate of drug-likeness (QED) is 0.615. The van der Waals surface area contributed by atoms with Crippen LogP contribution >= 0.6 is 11.3 Å². The maximum Gasteiger partial charge on any atom is 0.234 e. The molecule has 1 amide bonds. The third kappa shape index (κ3) is 5.52. The molecule has 32 heavy (non-hydrogen) atoms. The van der Waals surface area contributed by atoms with E-state index in [4.69, 9.17) is 5.26 Å². The number of hydrogen-bond donors (Lipinski definition) is 1. The first-order valence-electron chi connectivity index (χ1n) is 10.7. The predicted molar refractivity (Wildman–Crippen MR) is 125 cm³/mol. The van der Waals surface area contributed by atoms with E-state index < -0.39 is 0 Å². The highest BCUT2D eigenvalue weighted by atomic mass is 32.1. The molecule has 4 rings (SSSR count). The minimum atomic E-state index is -0.290. The van der Waals surface area contributed by atoms with Crippen molar-refractivity contribution in [3.63, 3.8) is 0 Å². The van der Waals surface area contributed by atoms with E-state index in [2.05, 4.69) is 21.2 Å². The number of thiophene rings is 1. The van der Waals surface area contributed by atoms with Crippen molar-refractivity contribution in [3.8, 4) is 6.07 Å². The number of anilines is 1. The molecular formula is C25H25FN4OS. The maximum atomic E-state index is 13.4. The summed E-state index contributed by atoms with van der Waals surface area (Å²) in [6, 6.07) is 19.7. The summed E-state index contributed by atoms with van der Waals surface area (Å²) >= 11 is 1.57. The molecule has 1 aliphatic rings. The fraction of sp³-hybridized carbons (Fsp3) is 0.280. The van der Waals surface area contributed by atoms with Gasteiger partial charge in [0, 0.05) is 36.7 Å². The summed E-state index contributed by atoms with van der Waals surface area (Å²) < 4.78 is 13.4. The van der Waals surface area contributed by atoms with Crippen LogP contribution in [0.2, 0.25) is 0 Å². The van der Waals surface area contributed by atoms with Gasteiger partial charge in [0.05, 0.1) is 24.2 Å². The van der Waals surface area contributed by atoms with Crippen molar-refractivity contribution in [2.45, 2.75) is 12.5 Å². The van der Waals surface area contributed by atoms with E-state index in [1.165, 1.54) is 12.1 Å². The molecule has 2 aromatic carbocycles. The fourth-order valence-electron chi connectivity index (χ4n) is 3.97. The average molecular weight is 449 g/mol. The zero-order valence-corrected chi connectivity index (χ0v) is 18.5. The molecule has 0 radical (unpaired) electrons. The van der Waals surface area contributed by atoms with Gasteiger partial charge in [0.25, 0.3) is 0 Å². The molecule has 3 aromatic rings. The van der Waals surface area contributed by atoms with Crippen LogP contribution in [0, 0.1) is 17.1 Å². The van der Waals surface area contributed by atoms with Gasteiger partial charge < -0.3 is 10.2 Å². The van der Waals surface area contributed by atoms with Gasteiger partial charge in [0.1, 0.15) is 5.82 Å². The molecule has 1 aliphatic heterocycles. The van der Waals surface area contributed by atoms with Crippen LogP contribution in [0.25, 0.3) is 0 Å². The Morgan fingerprint density at radius 2 is 1.84 bits per heavy atom. The van der Waals surface area contributed by atoms with Crippen LogP contribution in [0.3, 0.4) is 0 Å². The highest BCUT2D eigenvalue weighted by molar-refractivity contribution is 7.10. The van der Waals surface area contributed by atoms with Crippen molar-refractivity contribution >= 4 is 22.9 Å². The van der Waals surface area contributed by atoms with Gasteiger partial charge in [-0.2, -0.15) is 5.26 Å². The summed E-state index contributed by atoms with van der Waals surface area (Å²) in [6.07, 6.45) is 0.958. The Bertz CT molecular complexity index is 1060. The molecule has 1 fully saturated rings. The Kier molecular flexibility index (Phi) is 7.15. The van der Waals surface area contributed by atoms with E-state index in [0.29, 0.717) is 12.1 Å². The zero-order valence-electron chi connectivity index (χ0n) is 17.7. The van der Waals surface area contributed by atoms with Crippen LogP contribution in [0.1, 0.15) is 28.5 Å². The molecule has 0 aliphatic carbocycles. The number of nitrogens with zero attached hydrogens (tertiary/aromatic N) is 3. The van der Waals surface area contributed by atoms with Crippen molar-refractivity contribution in [1.82, 2.24) is 10.2 Å². The molecule has 1 atom stereocenters. The van der Waals surface area contributed by atoms with Gasteiger partial charge in [-0.05, 0) is 59.8 Å². The molecule has 0 bridgehead atoms.